The highest BCUT2D eigenvalue weighted by Crippen LogP contribution is 2.24. The maximum absolute atomic E-state index is 12.6. The highest BCUT2D eigenvalue weighted by molar-refractivity contribution is 6.21. The lowest BCUT2D eigenvalue weighted by atomic mass is 10.1. The summed E-state index contributed by atoms with van der Waals surface area (Å²) in [4.78, 5) is 54.8. The first-order valence-electron chi connectivity index (χ1n) is 11.2. The van der Waals surface area contributed by atoms with Gasteiger partial charge in [-0.15, -0.1) is 0 Å². The molecule has 2 aliphatic rings. The average molecular weight is 449 g/mol. The van der Waals surface area contributed by atoms with Crippen LogP contribution in [0, 0.1) is 13.8 Å². The van der Waals surface area contributed by atoms with Crippen LogP contribution >= 0.6 is 0 Å². The molecule has 0 bridgehead atoms. The van der Waals surface area contributed by atoms with Gasteiger partial charge in [-0.05, 0) is 50.1 Å². The Morgan fingerprint density at radius 3 is 2.24 bits per heavy atom. The number of carbonyl (C=O) groups is 4. The van der Waals surface area contributed by atoms with Gasteiger partial charge in [-0.25, -0.2) is 4.79 Å². The van der Waals surface area contributed by atoms with E-state index in [0.717, 1.165) is 16.8 Å². The van der Waals surface area contributed by atoms with Crippen molar-refractivity contribution < 1.29 is 19.2 Å². The van der Waals surface area contributed by atoms with Crippen LogP contribution in [0.4, 0.5) is 10.5 Å². The molecule has 4 rings (SSSR count). The van der Waals surface area contributed by atoms with E-state index in [1.807, 2.05) is 44.2 Å². The second-order valence-electron chi connectivity index (χ2n) is 8.58. The monoisotopic (exact) mass is 448 g/mol. The highest BCUT2D eigenvalue weighted by atomic mass is 16.2. The number of piperazine rings is 1. The molecule has 1 fully saturated rings. The zero-order valence-electron chi connectivity index (χ0n) is 19.0. The Labute approximate surface area is 193 Å². The van der Waals surface area contributed by atoms with Crippen molar-refractivity contribution in [2.24, 2.45) is 0 Å². The fourth-order valence-electron chi connectivity index (χ4n) is 4.24. The topological polar surface area (TPSA) is 90.0 Å². The van der Waals surface area contributed by atoms with Gasteiger partial charge in [0.2, 0.25) is 5.91 Å². The number of hydrogen-bond acceptors (Lipinski definition) is 4. The first kappa shape index (κ1) is 22.5. The molecule has 1 N–H and O–H groups in total. The van der Waals surface area contributed by atoms with Gasteiger partial charge in [-0.1, -0.05) is 23.8 Å². The van der Waals surface area contributed by atoms with Gasteiger partial charge in [0, 0.05) is 44.8 Å². The van der Waals surface area contributed by atoms with Crippen LogP contribution < -0.4 is 5.32 Å². The molecule has 2 aromatic carbocycles. The van der Waals surface area contributed by atoms with Gasteiger partial charge in [-0.2, -0.15) is 0 Å². The van der Waals surface area contributed by atoms with E-state index in [1.54, 1.807) is 21.9 Å². The minimum absolute atomic E-state index is 0.0267. The van der Waals surface area contributed by atoms with Crippen LogP contribution in [-0.2, 0) is 4.79 Å². The van der Waals surface area contributed by atoms with Crippen LogP contribution in [-0.4, -0.2) is 71.2 Å². The standard InChI is InChI=1S/C25H28N4O4/c1-17-5-3-6-19(15-17)26-25(33)28-13-11-27(12-14-28)22(30)7-4-10-29-23(31)20-9-8-18(2)16-21(20)24(29)32/h3,5-6,8-9,15-16H,4,7,10-14H2,1-2H3,(H,26,33). The lowest BCUT2D eigenvalue weighted by Gasteiger charge is -2.34. The number of nitrogens with one attached hydrogen (secondary N) is 1. The van der Waals surface area contributed by atoms with E-state index < -0.39 is 0 Å². The molecule has 0 radical (unpaired) electrons. The quantitative estimate of drug-likeness (QED) is 0.712. The van der Waals surface area contributed by atoms with Crippen molar-refractivity contribution in [1.29, 1.82) is 0 Å². The summed E-state index contributed by atoms with van der Waals surface area (Å²) < 4.78 is 0. The Kier molecular flexibility index (Phi) is 6.44. The van der Waals surface area contributed by atoms with Gasteiger partial charge < -0.3 is 15.1 Å². The van der Waals surface area contributed by atoms with E-state index >= 15 is 0 Å². The molecule has 0 atom stereocenters. The van der Waals surface area contributed by atoms with Gasteiger partial charge in [0.25, 0.3) is 11.8 Å². The number of amides is 5. The van der Waals surface area contributed by atoms with Gasteiger partial charge in [0.05, 0.1) is 11.1 Å². The molecule has 2 heterocycles. The summed E-state index contributed by atoms with van der Waals surface area (Å²) in [6.07, 6.45) is 0.666. The molecule has 0 spiro atoms. The Hall–Kier alpha value is -3.68. The molecule has 1 saturated heterocycles. The van der Waals surface area contributed by atoms with Crippen LogP contribution in [0.1, 0.15) is 44.7 Å². The van der Waals surface area contributed by atoms with Crippen molar-refractivity contribution in [2.75, 3.05) is 38.0 Å². The van der Waals surface area contributed by atoms with E-state index in [4.69, 9.17) is 0 Å². The van der Waals surface area contributed by atoms with Gasteiger partial charge >= 0.3 is 6.03 Å². The number of anilines is 1. The number of hydrogen-bond donors (Lipinski definition) is 1. The molecule has 0 aliphatic carbocycles. The number of aryl methyl sites for hydroxylation is 2. The zero-order chi connectivity index (χ0) is 23.5. The molecule has 33 heavy (non-hydrogen) atoms. The summed E-state index contributed by atoms with van der Waals surface area (Å²) in [6.45, 7) is 5.91. The molecule has 172 valence electrons. The Morgan fingerprint density at radius 1 is 0.848 bits per heavy atom. The van der Waals surface area contributed by atoms with E-state index in [1.165, 1.54) is 4.90 Å². The van der Waals surface area contributed by atoms with Crippen molar-refractivity contribution in [1.82, 2.24) is 14.7 Å². The normalized spacial score (nSPS) is 15.6. The predicted molar refractivity (Wildman–Crippen MR) is 124 cm³/mol. The molecule has 0 unspecified atom stereocenters. The Balaban J connectivity index is 1.22. The van der Waals surface area contributed by atoms with Crippen molar-refractivity contribution in [2.45, 2.75) is 26.7 Å². The molecule has 8 nitrogen and oxygen atoms in total. The van der Waals surface area contributed by atoms with Crippen LogP contribution in [0.15, 0.2) is 42.5 Å². The van der Waals surface area contributed by atoms with E-state index in [9.17, 15) is 19.2 Å². The Morgan fingerprint density at radius 2 is 1.52 bits per heavy atom. The molecular formula is C25H28N4O4. The summed E-state index contributed by atoms with van der Waals surface area (Å²) in [5.74, 6) is -0.615. The lowest BCUT2D eigenvalue weighted by molar-refractivity contribution is -0.132. The number of fused-ring (bicyclic) bond motifs is 1. The van der Waals surface area contributed by atoms with Crippen molar-refractivity contribution in [3.63, 3.8) is 0 Å². The van der Waals surface area contributed by atoms with Gasteiger partial charge in [0.1, 0.15) is 0 Å². The number of rotatable bonds is 5. The fourth-order valence-corrected chi connectivity index (χ4v) is 4.24. The van der Waals surface area contributed by atoms with Crippen molar-refractivity contribution >= 4 is 29.4 Å². The van der Waals surface area contributed by atoms with Gasteiger partial charge in [-0.3, -0.25) is 19.3 Å². The average Bonchev–Trinajstić information content (AvgIpc) is 3.03. The summed E-state index contributed by atoms with van der Waals surface area (Å²) in [5.41, 5.74) is 3.61. The molecule has 8 heteroatoms. The van der Waals surface area contributed by atoms with Gasteiger partial charge in [0.15, 0.2) is 0 Å². The van der Waals surface area contributed by atoms with E-state index in [-0.39, 0.29) is 36.7 Å². The third-order valence-corrected chi connectivity index (χ3v) is 6.09. The minimum Gasteiger partial charge on any atom is -0.339 e. The van der Waals surface area contributed by atoms with Crippen LogP contribution in [0.25, 0.3) is 0 Å². The molecule has 0 saturated carbocycles. The first-order valence-corrected chi connectivity index (χ1v) is 11.2. The fraction of sp³-hybridized carbons (Fsp3) is 0.360. The number of benzene rings is 2. The second kappa shape index (κ2) is 9.44. The molecular weight excluding hydrogens is 420 g/mol. The SMILES string of the molecule is Cc1cccc(NC(=O)N2CCN(C(=O)CCCN3C(=O)c4ccc(C)cc4C3=O)CC2)c1. The summed E-state index contributed by atoms with van der Waals surface area (Å²) in [7, 11) is 0. The van der Waals surface area contributed by atoms with Crippen LogP contribution in [0.5, 0.6) is 0 Å². The van der Waals surface area contributed by atoms with Crippen molar-refractivity contribution in [3.8, 4) is 0 Å². The van der Waals surface area contributed by atoms with E-state index in [2.05, 4.69) is 5.32 Å². The molecule has 2 aliphatic heterocycles. The predicted octanol–water partition coefficient (Wildman–Crippen LogP) is 3.06. The molecule has 0 aromatic heterocycles. The van der Waals surface area contributed by atoms with Crippen molar-refractivity contribution in [3.05, 3.63) is 64.7 Å². The largest absolute Gasteiger partial charge is 0.339 e. The van der Waals surface area contributed by atoms with E-state index in [0.29, 0.717) is 43.7 Å². The lowest BCUT2D eigenvalue weighted by Crippen LogP contribution is -2.51. The van der Waals surface area contributed by atoms with Crippen LogP contribution in [0.2, 0.25) is 0 Å². The third-order valence-electron chi connectivity index (χ3n) is 6.09. The molecule has 2 aromatic rings. The maximum atomic E-state index is 12.6. The molecule has 5 amide bonds. The summed E-state index contributed by atoms with van der Waals surface area (Å²) in [5, 5.41) is 2.90. The third kappa shape index (κ3) is 4.89. The zero-order valence-corrected chi connectivity index (χ0v) is 19.0. The van der Waals surface area contributed by atoms with Crippen LogP contribution in [0.3, 0.4) is 0 Å². The maximum Gasteiger partial charge on any atom is 0.321 e. The number of nitrogens with zero attached hydrogens (tertiary/aromatic N) is 3. The first-order chi connectivity index (χ1) is 15.8. The number of urea groups is 1. The Bertz CT molecular complexity index is 1110. The smallest absolute Gasteiger partial charge is 0.321 e. The minimum atomic E-state index is -0.296. The summed E-state index contributed by atoms with van der Waals surface area (Å²) >= 11 is 0. The summed E-state index contributed by atoms with van der Waals surface area (Å²) in [6, 6.07) is 12.7. The number of imide groups is 1. The highest BCUT2D eigenvalue weighted by Gasteiger charge is 2.35. The number of carbonyl (C=O) groups excluding carboxylic acids is 4. The second-order valence-corrected chi connectivity index (χ2v) is 8.58.